The van der Waals surface area contributed by atoms with E-state index in [2.05, 4.69) is 25.7 Å². The second-order valence-electron chi connectivity index (χ2n) is 7.96. The Morgan fingerprint density at radius 1 is 0.947 bits per heavy atom. The van der Waals surface area contributed by atoms with Crippen molar-refractivity contribution >= 4 is 0 Å². The molecule has 1 saturated carbocycles. The highest BCUT2D eigenvalue weighted by molar-refractivity contribution is 5.02. The van der Waals surface area contributed by atoms with E-state index in [4.69, 9.17) is 5.73 Å². The summed E-state index contributed by atoms with van der Waals surface area (Å²) in [6, 6.07) is 2.96. The zero-order chi connectivity index (χ0) is 13.6. The van der Waals surface area contributed by atoms with Gasteiger partial charge in [-0.25, -0.2) is 0 Å². The first-order valence-corrected chi connectivity index (χ1v) is 8.59. The third-order valence-electron chi connectivity index (χ3n) is 6.20. The molecule has 2 saturated heterocycles. The molecule has 0 radical (unpaired) electrons. The molecular formula is C17H32N2. The van der Waals surface area contributed by atoms with Crippen molar-refractivity contribution in [2.75, 3.05) is 0 Å². The lowest BCUT2D eigenvalue weighted by Gasteiger charge is -2.49. The average molecular weight is 264 g/mol. The van der Waals surface area contributed by atoms with Gasteiger partial charge in [-0.15, -0.1) is 0 Å². The van der Waals surface area contributed by atoms with E-state index in [1.54, 1.807) is 0 Å². The SMILES string of the molecule is CC1CCC(C(C)C)C(N2C3CCC2CC(N)C3)C1. The normalized spacial score (nSPS) is 47.8. The summed E-state index contributed by atoms with van der Waals surface area (Å²) in [4.78, 5) is 2.95. The summed E-state index contributed by atoms with van der Waals surface area (Å²) >= 11 is 0. The van der Waals surface area contributed by atoms with Gasteiger partial charge < -0.3 is 5.73 Å². The lowest BCUT2D eigenvalue weighted by molar-refractivity contribution is 0.000208. The quantitative estimate of drug-likeness (QED) is 0.828. The van der Waals surface area contributed by atoms with Gasteiger partial charge in [0.2, 0.25) is 0 Å². The highest BCUT2D eigenvalue weighted by Gasteiger charge is 2.46. The third kappa shape index (κ3) is 2.58. The van der Waals surface area contributed by atoms with Crippen LogP contribution in [0.25, 0.3) is 0 Å². The minimum absolute atomic E-state index is 0.479. The van der Waals surface area contributed by atoms with Gasteiger partial charge in [0.1, 0.15) is 0 Å². The van der Waals surface area contributed by atoms with Gasteiger partial charge in [-0.05, 0) is 56.3 Å². The predicted molar refractivity (Wildman–Crippen MR) is 81.0 cm³/mol. The lowest BCUT2D eigenvalue weighted by Crippen LogP contribution is -2.56. The Morgan fingerprint density at radius 2 is 1.58 bits per heavy atom. The molecule has 3 aliphatic rings. The minimum Gasteiger partial charge on any atom is -0.328 e. The molecular weight excluding hydrogens is 232 g/mol. The maximum Gasteiger partial charge on any atom is 0.0134 e. The molecule has 5 atom stereocenters. The fraction of sp³-hybridized carbons (Fsp3) is 1.00. The second kappa shape index (κ2) is 5.37. The van der Waals surface area contributed by atoms with Crippen LogP contribution in [-0.2, 0) is 0 Å². The zero-order valence-corrected chi connectivity index (χ0v) is 13.0. The molecule has 2 heterocycles. The van der Waals surface area contributed by atoms with Gasteiger partial charge in [0.05, 0.1) is 0 Å². The van der Waals surface area contributed by atoms with E-state index >= 15 is 0 Å². The van der Waals surface area contributed by atoms with Crippen LogP contribution < -0.4 is 5.73 Å². The van der Waals surface area contributed by atoms with Crippen molar-refractivity contribution in [3.05, 3.63) is 0 Å². The highest BCUT2D eigenvalue weighted by atomic mass is 15.3. The maximum absolute atomic E-state index is 6.24. The molecule has 0 aromatic rings. The Labute approximate surface area is 119 Å². The Balaban J connectivity index is 1.79. The summed E-state index contributed by atoms with van der Waals surface area (Å²) in [7, 11) is 0. The Hall–Kier alpha value is -0.0800. The van der Waals surface area contributed by atoms with Gasteiger partial charge in [-0.2, -0.15) is 0 Å². The van der Waals surface area contributed by atoms with Crippen LogP contribution in [-0.4, -0.2) is 29.1 Å². The van der Waals surface area contributed by atoms with Gasteiger partial charge >= 0.3 is 0 Å². The van der Waals surface area contributed by atoms with Crippen LogP contribution in [0.3, 0.4) is 0 Å². The van der Waals surface area contributed by atoms with E-state index < -0.39 is 0 Å². The van der Waals surface area contributed by atoms with E-state index in [0.717, 1.165) is 35.9 Å². The third-order valence-corrected chi connectivity index (χ3v) is 6.20. The fourth-order valence-corrected chi connectivity index (χ4v) is 5.29. The zero-order valence-electron chi connectivity index (χ0n) is 13.0. The van der Waals surface area contributed by atoms with Crippen LogP contribution in [0.1, 0.15) is 65.7 Å². The maximum atomic E-state index is 6.24. The molecule has 2 nitrogen and oxygen atoms in total. The molecule has 3 rings (SSSR count). The first kappa shape index (κ1) is 13.9. The van der Waals surface area contributed by atoms with Crippen molar-refractivity contribution in [3.63, 3.8) is 0 Å². The Bertz CT molecular complexity index is 300. The summed E-state index contributed by atoms with van der Waals surface area (Å²) in [5, 5.41) is 0. The fourth-order valence-electron chi connectivity index (χ4n) is 5.29. The van der Waals surface area contributed by atoms with Gasteiger partial charge in [0.15, 0.2) is 0 Å². The summed E-state index contributed by atoms with van der Waals surface area (Å²) in [5.41, 5.74) is 6.24. The minimum atomic E-state index is 0.479. The van der Waals surface area contributed by atoms with E-state index in [0.29, 0.717) is 6.04 Å². The molecule has 110 valence electrons. The number of piperidine rings is 1. The van der Waals surface area contributed by atoms with Crippen LogP contribution >= 0.6 is 0 Å². The molecule has 2 bridgehead atoms. The first-order chi connectivity index (χ1) is 9.06. The largest absolute Gasteiger partial charge is 0.328 e. The molecule has 0 aromatic heterocycles. The van der Waals surface area contributed by atoms with Crippen LogP contribution in [0.2, 0.25) is 0 Å². The summed E-state index contributed by atoms with van der Waals surface area (Å²) < 4.78 is 0. The van der Waals surface area contributed by atoms with Gasteiger partial charge in [-0.3, -0.25) is 4.90 Å². The summed E-state index contributed by atoms with van der Waals surface area (Å²) in [5.74, 6) is 2.69. The number of hydrogen-bond acceptors (Lipinski definition) is 2. The number of nitrogens with two attached hydrogens (primary N) is 1. The van der Waals surface area contributed by atoms with Crippen molar-refractivity contribution in [3.8, 4) is 0 Å². The number of rotatable bonds is 2. The molecule has 5 unspecified atom stereocenters. The van der Waals surface area contributed by atoms with Crippen molar-refractivity contribution in [1.29, 1.82) is 0 Å². The van der Waals surface area contributed by atoms with Gasteiger partial charge in [0, 0.05) is 24.2 Å². The van der Waals surface area contributed by atoms with Gasteiger partial charge in [0.25, 0.3) is 0 Å². The molecule has 0 amide bonds. The molecule has 1 aliphatic carbocycles. The van der Waals surface area contributed by atoms with Gasteiger partial charge in [-0.1, -0.05) is 27.2 Å². The molecule has 2 heteroatoms. The van der Waals surface area contributed by atoms with E-state index in [-0.39, 0.29) is 0 Å². The molecule has 0 spiro atoms. The molecule has 0 aromatic carbocycles. The molecule has 2 N–H and O–H groups in total. The number of fused-ring (bicyclic) bond motifs is 2. The number of nitrogens with zero attached hydrogens (tertiary/aromatic N) is 1. The van der Waals surface area contributed by atoms with Crippen molar-refractivity contribution < 1.29 is 0 Å². The Kier molecular flexibility index (Phi) is 3.92. The molecule has 2 aliphatic heterocycles. The van der Waals surface area contributed by atoms with Crippen LogP contribution in [0, 0.1) is 17.8 Å². The van der Waals surface area contributed by atoms with Crippen molar-refractivity contribution in [1.82, 2.24) is 4.90 Å². The van der Waals surface area contributed by atoms with E-state index in [1.165, 1.54) is 44.9 Å². The average Bonchev–Trinajstić information content (AvgIpc) is 2.61. The molecule has 19 heavy (non-hydrogen) atoms. The standard InChI is InChI=1S/C17H32N2/c1-11(2)16-7-4-12(3)8-17(16)19-14-5-6-15(19)10-13(18)9-14/h11-17H,4-10,18H2,1-3H3. The van der Waals surface area contributed by atoms with Crippen LogP contribution in [0.5, 0.6) is 0 Å². The highest BCUT2D eigenvalue weighted by Crippen LogP contribution is 2.44. The summed E-state index contributed by atoms with van der Waals surface area (Å²) in [6.45, 7) is 7.33. The van der Waals surface area contributed by atoms with E-state index in [1.807, 2.05) is 0 Å². The topological polar surface area (TPSA) is 29.3 Å². The van der Waals surface area contributed by atoms with Crippen molar-refractivity contribution in [2.45, 2.75) is 89.9 Å². The van der Waals surface area contributed by atoms with Crippen molar-refractivity contribution in [2.24, 2.45) is 23.5 Å². The van der Waals surface area contributed by atoms with Crippen LogP contribution in [0.4, 0.5) is 0 Å². The lowest BCUT2D eigenvalue weighted by atomic mass is 9.72. The molecule has 3 fully saturated rings. The predicted octanol–water partition coefficient (Wildman–Crippen LogP) is 3.40. The summed E-state index contributed by atoms with van der Waals surface area (Å²) in [6.07, 6.45) is 9.67. The first-order valence-electron chi connectivity index (χ1n) is 8.59. The monoisotopic (exact) mass is 264 g/mol. The number of hydrogen-bond donors (Lipinski definition) is 1. The van der Waals surface area contributed by atoms with E-state index in [9.17, 15) is 0 Å². The Morgan fingerprint density at radius 3 is 2.16 bits per heavy atom. The second-order valence-corrected chi connectivity index (χ2v) is 7.96. The van der Waals surface area contributed by atoms with Crippen LogP contribution in [0.15, 0.2) is 0 Å². The smallest absolute Gasteiger partial charge is 0.0134 e.